The molecule has 0 radical (unpaired) electrons. The topological polar surface area (TPSA) is 642 Å². The van der Waals surface area contributed by atoms with Crippen LogP contribution in [-0.2, 0) is 86.9 Å². The van der Waals surface area contributed by atoms with Crippen molar-refractivity contribution >= 4 is 0 Å². The van der Waals surface area contributed by atoms with Crippen LogP contribution >= 0.6 is 0 Å². The van der Waals surface area contributed by atoms with Crippen LogP contribution in [0.15, 0.2) is 30.3 Å². The van der Waals surface area contributed by atoms with Crippen molar-refractivity contribution in [2.45, 2.75) is 252 Å². The molecule has 0 aliphatic carbocycles. The Morgan fingerprint density at radius 3 is 0.796 bits per heavy atom. The third-order valence-electron chi connectivity index (χ3n) is 18.8. The third kappa shape index (κ3) is 15.9. The molecule has 22 fully saturated rings. The molecule has 1 aromatic carbocycles. The summed E-state index contributed by atoms with van der Waals surface area (Å²) in [6, 6.07) is 8.27. The van der Waals surface area contributed by atoms with Gasteiger partial charge in [-0.3, -0.25) is 0 Å². The Labute approximate surface area is 555 Å². The number of aliphatic hydroxyl groups excluding tert-OH is 24. The summed E-state index contributed by atoms with van der Waals surface area (Å²) < 4.78 is 99.3. The third-order valence-corrected chi connectivity index (χ3v) is 18.8. The maximum absolute atomic E-state index is 12.0. The Kier molecular flexibility index (Phi) is 26.9. The van der Waals surface area contributed by atoms with E-state index in [1.54, 1.807) is 30.3 Å². The van der Waals surface area contributed by atoms with Crippen molar-refractivity contribution < 1.29 is 203 Å². The Morgan fingerprint density at radius 2 is 0.531 bits per heavy atom. The predicted octanol–water partition coefficient (Wildman–Crippen LogP) is -15.8. The molecule has 41 nitrogen and oxygen atoms in total. The maximum atomic E-state index is 12.0. The fourth-order valence-corrected chi connectivity index (χ4v) is 13.3. The van der Waals surface area contributed by atoms with Crippen molar-refractivity contribution in [1.82, 2.24) is 0 Å². The summed E-state index contributed by atoms with van der Waals surface area (Å²) in [5.41, 5.74) is 0.505. The molecule has 22 saturated heterocycles. The van der Waals surface area contributed by atoms with E-state index in [-0.39, 0.29) is 6.42 Å². The van der Waals surface area contributed by atoms with Gasteiger partial charge in [0.1, 0.15) is 195 Å². The van der Waals surface area contributed by atoms with Crippen LogP contribution in [0.1, 0.15) is 5.56 Å². The molecule has 40 atom stereocenters. The lowest BCUT2D eigenvalue weighted by molar-refractivity contribution is -0.397. The molecule has 22 aliphatic heterocycles. The van der Waals surface area contributed by atoms with Crippen molar-refractivity contribution in [2.75, 3.05) is 66.1 Å². The van der Waals surface area contributed by atoms with Gasteiger partial charge >= 0.3 is 0 Å². The molecular formula is C57H90O41. The summed E-state index contributed by atoms with van der Waals surface area (Å²) in [5, 5.41) is 268. The van der Waals surface area contributed by atoms with Crippen molar-refractivity contribution in [3.05, 3.63) is 35.9 Å². The summed E-state index contributed by atoms with van der Waals surface area (Å²) in [6.07, 6.45) is -80.0. The molecular weight excluding hydrogens is 1340 g/mol. The Morgan fingerprint density at radius 1 is 0.276 bits per heavy atom. The van der Waals surface area contributed by atoms with Crippen molar-refractivity contribution in [3.63, 3.8) is 0 Å². The van der Waals surface area contributed by atoms with Gasteiger partial charge in [-0.15, -0.1) is 0 Å². The Bertz CT molecular complexity index is 2560. The van der Waals surface area contributed by atoms with E-state index < -0.39 is 311 Å². The van der Waals surface area contributed by atoms with Gasteiger partial charge in [-0.05, 0) is 5.56 Å². The highest BCUT2D eigenvalue weighted by atomic mass is 16.8. The van der Waals surface area contributed by atoms with Crippen LogP contribution in [0.25, 0.3) is 0 Å². The van der Waals surface area contributed by atoms with E-state index in [1.807, 2.05) is 0 Å². The highest BCUT2D eigenvalue weighted by molar-refractivity contribution is 5.18. The van der Waals surface area contributed by atoms with Crippen LogP contribution in [0.5, 0.6) is 0 Å². The number of ether oxygens (including phenoxy) is 17. The van der Waals surface area contributed by atoms with Crippen molar-refractivity contribution in [2.24, 2.45) is 0 Å². The smallest absolute Gasteiger partial charge is 0.201 e. The molecule has 0 amide bonds. The maximum Gasteiger partial charge on any atom is 0.201 e. The van der Waals surface area contributed by atoms with E-state index in [9.17, 15) is 123 Å². The molecule has 1 aromatic rings. The minimum atomic E-state index is -2.32. The van der Waals surface area contributed by atoms with E-state index in [0.717, 1.165) is 0 Å². The van der Waals surface area contributed by atoms with E-state index in [0.29, 0.717) is 5.56 Å². The monoisotopic (exact) mass is 1430 g/mol. The van der Waals surface area contributed by atoms with Gasteiger partial charge in [0.05, 0.1) is 66.1 Å². The molecule has 14 bridgehead atoms. The first-order chi connectivity index (χ1) is 46.8. The SMILES string of the molecule is OC[C@H]1O[C@](Cc2ccccc2)(OCCOC[C@H]2O[C@@H]3O[C@H]4[C@H](O)[C@@H](O)[C@@H](O[C@H]5[C@H](O)[C@@H](O)[C@H](O[C@@H]5CO)O[C@H]5C(O)[C@@H](O)[C@@H](O[C@H]6[C@H](O)[C@@H](O)[C@@H](O[C@H]7[C@H](O)[C@@H](O)[C@@H](O[C@H]8[C@H](O)C(O)[C@@H](O[C@H]2[C@H](O)[C@H]3O)O[C@@H]8CO)O[C@@H]7CO)O[C@@H]6CO)O[C@@H]5CO)O[C@@H]4CO)[C@H](O)[C@@H](O)[C@H]1O. The van der Waals surface area contributed by atoms with Gasteiger partial charge in [-0.2, -0.15) is 0 Å². The zero-order valence-electron chi connectivity index (χ0n) is 51.9. The van der Waals surface area contributed by atoms with E-state index >= 15 is 0 Å². The summed E-state index contributed by atoms with van der Waals surface area (Å²) in [6.45, 7) is -9.21. The standard InChI is InChI=1S/C57H90O41/c58-9-18-26(65)34(73)49(81)57(98-18,8-17-4-2-1-3-5-17)83-7-6-82-16-25-48-33(72)41(80)56(90-25)96-47-24(15-64)88-54(39(78)31(47)70)94-45-22(13-62)86-52(37(76)29(45)68)92-43-20(11-60)84-50(35(74)27(43)66)91-42-19(10-59)85-51(36(75)28(42)67)93-44-21(12-61)87-53(38(77)30(44)69)95-46-23(14-63)89-55(97-48)40(79)32(46)71/h1-5,18-56,58-81H,6-16H2/t18-,19-,20-,21-,22-,23-,24-,25-,26+,27?,28-,29-,30-,31-,32-,33-,34+,35-,36-,37-,38-,39-,40?,41-,42-,43-,44-,45-,46-,47-,48-,49-,50-,51-,52-,53-,54-,55-,56-,57+/m1/s1. The number of aliphatic hydroxyl groups is 24. The van der Waals surface area contributed by atoms with Crippen LogP contribution in [0.2, 0.25) is 0 Å². The number of benzene rings is 1. The summed E-state index contributed by atoms with van der Waals surface area (Å²) in [7, 11) is 0. The van der Waals surface area contributed by atoms with E-state index in [2.05, 4.69) is 0 Å². The average Bonchev–Trinajstić information content (AvgIpc) is 0.796. The lowest BCUT2D eigenvalue weighted by atomic mass is 9.88. The van der Waals surface area contributed by atoms with Gasteiger partial charge in [0, 0.05) is 6.42 Å². The van der Waals surface area contributed by atoms with Crippen LogP contribution < -0.4 is 0 Å². The normalized spacial score (nSPS) is 51.5. The number of hydrogen-bond donors (Lipinski definition) is 24. The highest BCUT2D eigenvalue weighted by Crippen LogP contribution is 2.40. The molecule has 0 spiro atoms. The first-order valence-corrected chi connectivity index (χ1v) is 31.7. The van der Waals surface area contributed by atoms with E-state index in [4.69, 9.17) is 80.5 Å². The second kappa shape index (κ2) is 33.8. The molecule has 22 heterocycles. The zero-order valence-corrected chi connectivity index (χ0v) is 51.9. The van der Waals surface area contributed by atoms with Gasteiger partial charge in [0.25, 0.3) is 0 Å². The molecule has 24 N–H and O–H groups in total. The molecule has 2 unspecified atom stereocenters. The minimum absolute atomic E-state index is 0.264. The van der Waals surface area contributed by atoms with Crippen LogP contribution in [0.4, 0.5) is 0 Å². The molecule has 23 rings (SSSR count). The molecule has 0 aromatic heterocycles. The highest BCUT2D eigenvalue weighted by Gasteiger charge is 2.61. The molecule has 564 valence electrons. The van der Waals surface area contributed by atoms with Gasteiger partial charge < -0.3 is 203 Å². The summed E-state index contributed by atoms with van der Waals surface area (Å²) in [4.78, 5) is 0. The van der Waals surface area contributed by atoms with Gasteiger partial charge in [0.2, 0.25) is 5.79 Å². The van der Waals surface area contributed by atoms with Crippen LogP contribution in [-0.4, -0.2) is 434 Å². The second-order valence-corrected chi connectivity index (χ2v) is 25.1. The predicted molar refractivity (Wildman–Crippen MR) is 301 cm³/mol. The fraction of sp³-hybridized carbons (Fsp3) is 0.895. The summed E-state index contributed by atoms with van der Waals surface area (Å²) in [5.74, 6) is -2.15. The van der Waals surface area contributed by atoms with E-state index in [1.165, 1.54) is 0 Å². The minimum Gasteiger partial charge on any atom is -0.394 e. The molecule has 41 heteroatoms. The second-order valence-electron chi connectivity index (χ2n) is 25.1. The van der Waals surface area contributed by atoms with Crippen molar-refractivity contribution in [3.8, 4) is 0 Å². The van der Waals surface area contributed by atoms with Crippen LogP contribution in [0.3, 0.4) is 0 Å². The Hall–Kier alpha value is -2.42. The number of hydrogen-bond acceptors (Lipinski definition) is 41. The molecule has 98 heavy (non-hydrogen) atoms. The number of rotatable bonds is 15. The Balaban J connectivity index is 0.930. The van der Waals surface area contributed by atoms with Crippen molar-refractivity contribution in [1.29, 1.82) is 0 Å². The fourth-order valence-electron chi connectivity index (χ4n) is 13.3. The largest absolute Gasteiger partial charge is 0.394 e. The lowest BCUT2D eigenvalue weighted by Crippen LogP contribution is -2.68. The molecule has 0 saturated carbocycles. The summed E-state index contributed by atoms with van der Waals surface area (Å²) >= 11 is 0. The van der Waals surface area contributed by atoms with Crippen LogP contribution in [0, 0.1) is 0 Å². The first kappa shape index (κ1) is 78.2. The zero-order chi connectivity index (χ0) is 70.9. The van der Waals surface area contributed by atoms with Gasteiger partial charge in [0.15, 0.2) is 44.0 Å². The quantitative estimate of drug-likeness (QED) is 0.0725. The average molecular weight is 1430 g/mol. The van der Waals surface area contributed by atoms with Gasteiger partial charge in [-0.1, -0.05) is 30.3 Å². The molecule has 22 aliphatic rings. The lowest BCUT2D eigenvalue weighted by Gasteiger charge is -2.50. The van der Waals surface area contributed by atoms with Gasteiger partial charge in [-0.25, -0.2) is 0 Å². The first-order valence-electron chi connectivity index (χ1n) is 31.7.